The van der Waals surface area contributed by atoms with Gasteiger partial charge in [-0.15, -0.1) is 0 Å². The lowest BCUT2D eigenvalue weighted by molar-refractivity contribution is 0.0572. The number of rotatable bonds is 4. The minimum Gasteiger partial charge on any atom is -0.315 e. The van der Waals surface area contributed by atoms with Crippen molar-refractivity contribution in [2.45, 2.75) is 83.1 Å². The first-order chi connectivity index (χ1) is 10.3. The Morgan fingerprint density at radius 1 is 0.905 bits per heavy atom. The predicted octanol–water partition coefficient (Wildman–Crippen LogP) is 4.20. The molecule has 3 rings (SSSR count). The molecule has 3 aliphatic rings. The second-order valence-electron chi connectivity index (χ2n) is 8.15. The molecule has 0 bridgehead atoms. The molecule has 1 unspecified atom stereocenters. The Kier molecular flexibility index (Phi) is 5.61. The Labute approximate surface area is 132 Å². The minimum absolute atomic E-state index is 0.741. The highest BCUT2D eigenvalue weighted by Crippen LogP contribution is 2.44. The van der Waals surface area contributed by atoms with Crippen molar-refractivity contribution in [2.24, 2.45) is 11.3 Å². The third-order valence-corrected chi connectivity index (χ3v) is 6.88. The van der Waals surface area contributed by atoms with Gasteiger partial charge in [-0.25, -0.2) is 0 Å². The molecule has 0 aromatic rings. The van der Waals surface area contributed by atoms with E-state index in [-0.39, 0.29) is 0 Å². The molecular formula is C19H36N2. The van der Waals surface area contributed by atoms with Crippen LogP contribution in [0.3, 0.4) is 0 Å². The zero-order valence-electron chi connectivity index (χ0n) is 14.2. The van der Waals surface area contributed by atoms with Crippen LogP contribution in [0.4, 0.5) is 0 Å². The number of piperidine rings is 1. The summed E-state index contributed by atoms with van der Waals surface area (Å²) in [4.78, 5) is 2.77. The van der Waals surface area contributed by atoms with Gasteiger partial charge in [0.05, 0.1) is 0 Å². The van der Waals surface area contributed by atoms with Crippen molar-refractivity contribution in [1.82, 2.24) is 10.2 Å². The first kappa shape index (κ1) is 15.8. The molecule has 0 radical (unpaired) electrons. The molecule has 1 heterocycles. The molecular weight excluding hydrogens is 256 g/mol. The fraction of sp³-hybridized carbons (Fsp3) is 1.00. The standard InChI is InChI=1S/C19H36N2/c1-20-18(17-8-4-2-5-9-17)16-21-14-12-19(13-15-21)10-6-3-7-11-19/h17-18,20H,2-16H2,1H3. The van der Waals surface area contributed by atoms with Gasteiger partial charge in [0.25, 0.3) is 0 Å². The molecule has 0 aromatic heterocycles. The van der Waals surface area contributed by atoms with Gasteiger partial charge in [0, 0.05) is 12.6 Å². The summed E-state index contributed by atoms with van der Waals surface area (Å²) >= 11 is 0. The van der Waals surface area contributed by atoms with E-state index in [1.807, 2.05) is 0 Å². The van der Waals surface area contributed by atoms with Crippen molar-refractivity contribution in [1.29, 1.82) is 0 Å². The van der Waals surface area contributed by atoms with Crippen LogP contribution in [-0.4, -0.2) is 37.6 Å². The fourth-order valence-electron chi connectivity index (χ4n) is 5.30. The van der Waals surface area contributed by atoms with Gasteiger partial charge >= 0.3 is 0 Å². The molecule has 2 nitrogen and oxygen atoms in total. The van der Waals surface area contributed by atoms with Crippen molar-refractivity contribution in [3.63, 3.8) is 0 Å². The van der Waals surface area contributed by atoms with E-state index in [9.17, 15) is 0 Å². The zero-order valence-corrected chi connectivity index (χ0v) is 14.2. The van der Waals surface area contributed by atoms with Crippen LogP contribution in [-0.2, 0) is 0 Å². The van der Waals surface area contributed by atoms with E-state index in [0.717, 1.165) is 17.4 Å². The summed E-state index contributed by atoms with van der Waals surface area (Å²) in [5.41, 5.74) is 0.759. The molecule has 0 amide bonds. The van der Waals surface area contributed by atoms with Crippen molar-refractivity contribution in [3.8, 4) is 0 Å². The van der Waals surface area contributed by atoms with Gasteiger partial charge in [0.2, 0.25) is 0 Å². The van der Waals surface area contributed by atoms with E-state index in [1.54, 1.807) is 0 Å². The van der Waals surface area contributed by atoms with Gasteiger partial charge in [-0.2, -0.15) is 0 Å². The average Bonchev–Trinajstić information content (AvgIpc) is 2.56. The van der Waals surface area contributed by atoms with Crippen LogP contribution in [0, 0.1) is 11.3 Å². The van der Waals surface area contributed by atoms with Crippen molar-refractivity contribution >= 4 is 0 Å². The maximum absolute atomic E-state index is 3.65. The van der Waals surface area contributed by atoms with Crippen LogP contribution in [0.1, 0.15) is 77.0 Å². The second kappa shape index (κ2) is 7.46. The van der Waals surface area contributed by atoms with Crippen molar-refractivity contribution in [2.75, 3.05) is 26.7 Å². The van der Waals surface area contributed by atoms with E-state index < -0.39 is 0 Å². The number of hydrogen-bond acceptors (Lipinski definition) is 2. The molecule has 0 aromatic carbocycles. The SMILES string of the molecule is CNC(CN1CCC2(CCCCC2)CC1)C1CCCCC1. The van der Waals surface area contributed by atoms with Crippen LogP contribution in [0.15, 0.2) is 0 Å². The Morgan fingerprint density at radius 2 is 1.52 bits per heavy atom. The smallest absolute Gasteiger partial charge is 0.0220 e. The van der Waals surface area contributed by atoms with Gasteiger partial charge in [0.15, 0.2) is 0 Å². The predicted molar refractivity (Wildman–Crippen MR) is 90.6 cm³/mol. The third-order valence-electron chi connectivity index (χ3n) is 6.88. The quantitative estimate of drug-likeness (QED) is 0.835. The molecule has 1 spiro atoms. The summed E-state index contributed by atoms with van der Waals surface area (Å²) in [6.45, 7) is 4.03. The number of hydrogen-bond donors (Lipinski definition) is 1. The average molecular weight is 293 g/mol. The van der Waals surface area contributed by atoms with Crippen LogP contribution >= 0.6 is 0 Å². The Bertz CT molecular complexity index is 293. The Morgan fingerprint density at radius 3 is 2.14 bits per heavy atom. The number of nitrogens with one attached hydrogen (secondary N) is 1. The summed E-state index contributed by atoms with van der Waals surface area (Å²) < 4.78 is 0. The van der Waals surface area contributed by atoms with Gasteiger partial charge in [-0.05, 0) is 70.0 Å². The first-order valence-corrected chi connectivity index (χ1v) is 9.71. The highest BCUT2D eigenvalue weighted by Gasteiger charge is 2.36. The summed E-state index contributed by atoms with van der Waals surface area (Å²) in [5, 5.41) is 3.65. The molecule has 1 saturated heterocycles. The summed E-state index contributed by atoms with van der Waals surface area (Å²) in [6, 6.07) is 0.741. The normalized spacial score (nSPS) is 29.6. The monoisotopic (exact) mass is 292 g/mol. The largest absolute Gasteiger partial charge is 0.315 e. The summed E-state index contributed by atoms with van der Waals surface area (Å²) in [5.74, 6) is 0.939. The molecule has 2 heteroatoms. The zero-order chi connectivity index (χ0) is 14.5. The first-order valence-electron chi connectivity index (χ1n) is 9.71. The number of likely N-dealkylation sites (tertiary alicyclic amines) is 1. The Balaban J connectivity index is 1.47. The van der Waals surface area contributed by atoms with Crippen LogP contribution in [0.5, 0.6) is 0 Å². The number of likely N-dealkylation sites (N-methyl/N-ethyl adjacent to an activating group) is 1. The lowest BCUT2D eigenvalue weighted by Gasteiger charge is -2.45. The van der Waals surface area contributed by atoms with E-state index in [4.69, 9.17) is 0 Å². The fourth-order valence-corrected chi connectivity index (χ4v) is 5.30. The van der Waals surface area contributed by atoms with Gasteiger partial charge in [-0.1, -0.05) is 38.5 Å². The van der Waals surface area contributed by atoms with Crippen LogP contribution in [0.2, 0.25) is 0 Å². The van der Waals surface area contributed by atoms with Gasteiger partial charge < -0.3 is 10.2 Å². The van der Waals surface area contributed by atoms with E-state index >= 15 is 0 Å². The van der Waals surface area contributed by atoms with Gasteiger partial charge in [-0.3, -0.25) is 0 Å². The minimum atomic E-state index is 0.741. The Hall–Kier alpha value is -0.0800. The maximum Gasteiger partial charge on any atom is 0.0220 e. The highest BCUT2D eigenvalue weighted by atomic mass is 15.2. The van der Waals surface area contributed by atoms with E-state index in [0.29, 0.717) is 0 Å². The highest BCUT2D eigenvalue weighted by molar-refractivity contribution is 4.90. The topological polar surface area (TPSA) is 15.3 Å². The summed E-state index contributed by atoms with van der Waals surface area (Å²) in [6.07, 6.45) is 17.8. The third kappa shape index (κ3) is 4.01. The second-order valence-corrected chi connectivity index (χ2v) is 8.15. The summed E-state index contributed by atoms with van der Waals surface area (Å²) in [7, 11) is 2.19. The van der Waals surface area contributed by atoms with Gasteiger partial charge in [0.1, 0.15) is 0 Å². The molecule has 1 aliphatic heterocycles. The van der Waals surface area contributed by atoms with Crippen molar-refractivity contribution in [3.05, 3.63) is 0 Å². The lowest BCUT2D eigenvalue weighted by Crippen LogP contribution is -2.49. The van der Waals surface area contributed by atoms with E-state index in [2.05, 4.69) is 17.3 Å². The molecule has 122 valence electrons. The number of nitrogens with zero attached hydrogens (tertiary/aromatic N) is 1. The van der Waals surface area contributed by atoms with E-state index in [1.165, 1.54) is 96.7 Å². The molecule has 2 saturated carbocycles. The van der Waals surface area contributed by atoms with Crippen LogP contribution in [0.25, 0.3) is 0 Å². The molecule has 3 fully saturated rings. The lowest BCUT2D eigenvalue weighted by atomic mass is 9.68. The molecule has 1 atom stereocenters. The maximum atomic E-state index is 3.65. The van der Waals surface area contributed by atoms with Crippen molar-refractivity contribution < 1.29 is 0 Å². The molecule has 21 heavy (non-hydrogen) atoms. The molecule has 2 aliphatic carbocycles. The van der Waals surface area contributed by atoms with Crippen LogP contribution < -0.4 is 5.32 Å². The molecule has 1 N–H and O–H groups in total.